The number of methoxy groups -OCH3 is 1. The number of halogens is 1. The Morgan fingerprint density at radius 1 is 1.18 bits per heavy atom. The summed E-state index contributed by atoms with van der Waals surface area (Å²) in [4.78, 5) is 26.9. The summed E-state index contributed by atoms with van der Waals surface area (Å²) >= 11 is 5.78. The van der Waals surface area contributed by atoms with Crippen LogP contribution in [0.25, 0.3) is 0 Å². The number of rotatable bonds is 5. The van der Waals surface area contributed by atoms with Gasteiger partial charge in [-0.1, -0.05) is 11.6 Å². The van der Waals surface area contributed by atoms with Crippen molar-refractivity contribution in [2.75, 3.05) is 13.7 Å². The fourth-order valence-corrected chi connectivity index (χ4v) is 2.31. The summed E-state index contributed by atoms with van der Waals surface area (Å²) in [6, 6.07) is 6.73. The van der Waals surface area contributed by atoms with E-state index in [4.69, 9.17) is 21.1 Å². The second kappa shape index (κ2) is 6.66. The second-order valence-electron chi connectivity index (χ2n) is 4.78. The molecule has 0 atom stereocenters. The van der Waals surface area contributed by atoms with Gasteiger partial charge in [0, 0.05) is 10.7 Å². The number of carbonyl (C=O) groups excluding carboxylic acids is 2. The summed E-state index contributed by atoms with van der Waals surface area (Å²) in [5.41, 5.74) is 1.90. The molecule has 0 aliphatic carbocycles. The van der Waals surface area contributed by atoms with E-state index < -0.39 is 5.97 Å². The summed E-state index contributed by atoms with van der Waals surface area (Å²) in [5, 5.41) is 0.595. The van der Waals surface area contributed by atoms with E-state index in [0.29, 0.717) is 33.3 Å². The molecule has 5 nitrogen and oxygen atoms in total. The van der Waals surface area contributed by atoms with Crippen LogP contribution in [-0.2, 0) is 4.74 Å². The highest BCUT2D eigenvalue weighted by molar-refractivity contribution is 6.30. The third-order valence-corrected chi connectivity index (χ3v) is 3.54. The van der Waals surface area contributed by atoms with Gasteiger partial charge >= 0.3 is 5.97 Å². The summed E-state index contributed by atoms with van der Waals surface area (Å²) in [7, 11) is 1.30. The molecule has 1 aromatic carbocycles. The van der Waals surface area contributed by atoms with Crippen molar-refractivity contribution in [2.24, 2.45) is 0 Å². The summed E-state index contributed by atoms with van der Waals surface area (Å²) in [6.07, 6.45) is 0. The predicted octanol–water partition coefficient (Wildman–Crippen LogP) is 3.33. The Morgan fingerprint density at radius 3 is 2.41 bits per heavy atom. The third-order valence-electron chi connectivity index (χ3n) is 3.29. The second-order valence-corrected chi connectivity index (χ2v) is 5.22. The van der Waals surface area contributed by atoms with Crippen LogP contribution in [0.4, 0.5) is 0 Å². The monoisotopic (exact) mass is 321 g/mol. The zero-order valence-corrected chi connectivity index (χ0v) is 13.3. The normalized spacial score (nSPS) is 10.4. The molecular formula is C16H16ClNO4. The van der Waals surface area contributed by atoms with E-state index in [-0.39, 0.29) is 12.4 Å². The average Bonchev–Trinajstić information content (AvgIpc) is 2.80. The Kier molecular flexibility index (Phi) is 4.88. The number of hydrogen-bond donors (Lipinski definition) is 1. The zero-order chi connectivity index (χ0) is 16.3. The molecule has 22 heavy (non-hydrogen) atoms. The van der Waals surface area contributed by atoms with Gasteiger partial charge in [-0.3, -0.25) is 4.79 Å². The molecule has 0 radical (unpaired) electrons. The molecule has 1 N–H and O–H groups in total. The van der Waals surface area contributed by atoms with Crippen molar-refractivity contribution in [1.29, 1.82) is 0 Å². The quantitative estimate of drug-likeness (QED) is 0.677. The molecule has 0 spiro atoms. The highest BCUT2D eigenvalue weighted by Gasteiger charge is 2.22. The molecule has 0 aliphatic heterocycles. The molecule has 1 aromatic heterocycles. The lowest BCUT2D eigenvalue weighted by Gasteiger charge is -2.05. The number of ether oxygens (including phenoxy) is 2. The Morgan fingerprint density at radius 2 is 1.82 bits per heavy atom. The first-order valence-corrected chi connectivity index (χ1v) is 7.01. The highest BCUT2D eigenvalue weighted by Crippen LogP contribution is 2.20. The minimum Gasteiger partial charge on any atom is -0.485 e. The maximum Gasteiger partial charge on any atom is 0.339 e. The molecule has 0 bridgehead atoms. The number of Topliss-reactive ketones (excluding diaryl/α,β-unsaturated/α-hetero) is 1. The van der Waals surface area contributed by atoms with Crippen molar-refractivity contribution in [2.45, 2.75) is 13.8 Å². The molecular weight excluding hydrogens is 306 g/mol. The van der Waals surface area contributed by atoms with Gasteiger partial charge in [-0.05, 0) is 43.7 Å². The van der Waals surface area contributed by atoms with Crippen LogP contribution in [0.1, 0.15) is 32.1 Å². The van der Waals surface area contributed by atoms with Gasteiger partial charge in [0.05, 0.1) is 18.4 Å². The Hall–Kier alpha value is -2.27. The lowest BCUT2D eigenvalue weighted by molar-refractivity contribution is 0.0599. The summed E-state index contributed by atoms with van der Waals surface area (Å²) in [5.74, 6) is -0.165. The van der Waals surface area contributed by atoms with Crippen LogP contribution in [0, 0.1) is 13.8 Å². The number of H-pyrrole nitrogens is 1. The van der Waals surface area contributed by atoms with Crippen molar-refractivity contribution in [1.82, 2.24) is 4.98 Å². The number of aryl methyl sites for hydroxylation is 1. The van der Waals surface area contributed by atoms with Gasteiger partial charge < -0.3 is 14.5 Å². The van der Waals surface area contributed by atoms with Gasteiger partial charge in [0.2, 0.25) is 5.78 Å². The van der Waals surface area contributed by atoms with Crippen LogP contribution in [0.5, 0.6) is 5.75 Å². The van der Waals surface area contributed by atoms with Crippen LogP contribution in [0.3, 0.4) is 0 Å². The first kappa shape index (κ1) is 16.1. The SMILES string of the molecule is COC(=O)c1c(C)[nH]c(C(=O)COc2ccc(Cl)cc2)c1C. The molecule has 2 rings (SSSR count). The summed E-state index contributed by atoms with van der Waals surface area (Å²) < 4.78 is 10.1. The molecule has 6 heteroatoms. The average molecular weight is 322 g/mol. The van der Waals surface area contributed by atoms with E-state index in [0.717, 1.165) is 0 Å². The van der Waals surface area contributed by atoms with Gasteiger partial charge in [-0.15, -0.1) is 0 Å². The largest absolute Gasteiger partial charge is 0.485 e. The van der Waals surface area contributed by atoms with Crippen LogP contribution in [0.15, 0.2) is 24.3 Å². The van der Waals surface area contributed by atoms with Crippen molar-refractivity contribution in [3.63, 3.8) is 0 Å². The Bertz CT molecular complexity index is 704. The molecule has 116 valence electrons. The van der Waals surface area contributed by atoms with E-state index in [1.54, 1.807) is 38.1 Å². The van der Waals surface area contributed by atoms with E-state index in [9.17, 15) is 9.59 Å². The number of nitrogens with one attached hydrogen (secondary N) is 1. The lowest BCUT2D eigenvalue weighted by atomic mass is 10.1. The smallest absolute Gasteiger partial charge is 0.339 e. The van der Waals surface area contributed by atoms with Crippen molar-refractivity contribution in [3.8, 4) is 5.75 Å². The molecule has 0 saturated carbocycles. The number of benzene rings is 1. The van der Waals surface area contributed by atoms with E-state index in [1.165, 1.54) is 7.11 Å². The van der Waals surface area contributed by atoms with Crippen molar-refractivity contribution in [3.05, 3.63) is 51.8 Å². The number of hydrogen-bond acceptors (Lipinski definition) is 4. The minimum absolute atomic E-state index is 0.136. The standard InChI is InChI=1S/C16H16ClNO4/c1-9-14(16(20)21-3)10(2)18-15(9)13(19)8-22-12-6-4-11(17)5-7-12/h4-7,18H,8H2,1-3H3. The zero-order valence-electron chi connectivity index (χ0n) is 12.5. The minimum atomic E-state index is -0.469. The van der Waals surface area contributed by atoms with Gasteiger partial charge in [-0.2, -0.15) is 0 Å². The molecule has 0 unspecified atom stereocenters. The lowest BCUT2D eigenvalue weighted by Crippen LogP contribution is -2.13. The number of esters is 1. The van der Waals surface area contributed by atoms with Crippen LogP contribution in [-0.4, -0.2) is 30.5 Å². The van der Waals surface area contributed by atoms with Gasteiger partial charge in [-0.25, -0.2) is 4.79 Å². The van der Waals surface area contributed by atoms with Gasteiger partial charge in [0.25, 0.3) is 0 Å². The third kappa shape index (κ3) is 3.31. The van der Waals surface area contributed by atoms with Crippen molar-refractivity contribution >= 4 is 23.4 Å². The van der Waals surface area contributed by atoms with E-state index in [1.807, 2.05) is 0 Å². The number of aromatic nitrogens is 1. The van der Waals surface area contributed by atoms with E-state index in [2.05, 4.69) is 4.98 Å². The first-order valence-electron chi connectivity index (χ1n) is 6.63. The Balaban J connectivity index is 2.13. The number of aromatic amines is 1. The summed E-state index contributed by atoms with van der Waals surface area (Å²) in [6.45, 7) is 3.28. The van der Waals surface area contributed by atoms with Crippen LogP contribution in [0.2, 0.25) is 5.02 Å². The van der Waals surface area contributed by atoms with E-state index >= 15 is 0 Å². The topological polar surface area (TPSA) is 68.4 Å². The molecule has 0 aliphatic rings. The Labute approximate surface area is 133 Å². The number of ketones is 1. The molecule has 0 amide bonds. The first-order chi connectivity index (χ1) is 10.4. The fourth-order valence-electron chi connectivity index (χ4n) is 2.19. The maximum atomic E-state index is 12.2. The molecule has 2 aromatic rings. The maximum absolute atomic E-state index is 12.2. The van der Waals surface area contributed by atoms with Crippen molar-refractivity contribution < 1.29 is 19.1 Å². The predicted molar refractivity (Wildman–Crippen MR) is 82.9 cm³/mol. The fraction of sp³-hybridized carbons (Fsp3) is 0.250. The highest BCUT2D eigenvalue weighted by atomic mass is 35.5. The molecule has 1 heterocycles. The van der Waals surface area contributed by atoms with Crippen LogP contribution >= 0.6 is 11.6 Å². The van der Waals surface area contributed by atoms with Gasteiger partial charge in [0.15, 0.2) is 6.61 Å². The number of carbonyl (C=O) groups is 2. The molecule has 0 saturated heterocycles. The van der Waals surface area contributed by atoms with Crippen LogP contribution < -0.4 is 4.74 Å². The van der Waals surface area contributed by atoms with Gasteiger partial charge in [0.1, 0.15) is 5.75 Å². The molecule has 0 fully saturated rings.